The van der Waals surface area contributed by atoms with Gasteiger partial charge < -0.3 is 4.74 Å². The van der Waals surface area contributed by atoms with Crippen molar-refractivity contribution < 1.29 is 9.53 Å². The monoisotopic (exact) mass is 225 g/mol. The van der Waals surface area contributed by atoms with Gasteiger partial charge in [-0.25, -0.2) is 4.79 Å². The normalized spacial score (nSPS) is 10.5. The molecule has 3 nitrogen and oxygen atoms in total. The predicted octanol–water partition coefficient (Wildman–Crippen LogP) is 2.35. The molecule has 0 radical (unpaired) electrons. The minimum Gasteiger partial charge on any atom is -0.465 e. The first kappa shape index (κ1) is 12.1. The maximum atomic E-state index is 11.5. The van der Waals surface area contributed by atoms with Crippen LogP contribution in [0.5, 0.6) is 0 Å². The molecule has 0 aliphatic heterocycles. The zero-order valence-corrected chi connectivity index (χ0v) is 10.2. The molecule has 0 fully saturated rings. The van der Waals surface area contributed by atoms with Gasteiger partial charge in [0.15, 0.2) is 0 Å². The second kappa shape index (κ2) is 5.19. The number of aryl methyl sites for hydroxylation is 1. The van der Waals surface area contributed by atoms with E-state index in [4.69, 9.17) is 4.74 Å². The number of carbonyl (C=O) groups excluding carboxylic acids is 1. The van der Waals surface area contributed by atoms with Gasteiger partial charge in [0.2, 0.25) is 0 Å². The lowest BCUT2D eigenvalue weighted by atomic mass is 10.1. The lowest BCUT2D eigenvalue weighted by Gasteiger charge is -2.14. The summed E-state index contributed by atoms with van der Waals surface area (Å²) in [6.45, 7) is 1.98. The molecule has 0 aromatic heterocycles. The summed E-state index contributed by atoms with van der Waals surface area (Å²) in [6.07, 6.45) is 0. The summed E-state index contributed by atoms with van der Waals surface area (Å²) in [5, 5.41) is 0. The molecular weight excluding hydrogens is 210 g/mol. The van der Waals surface area contributed by atoms with E-state index < -0.39 is 0 Å². The van der Waals surface area contributed by atoms with E-state index in [-0.39, 0.29) is 5.97 Å². The maximum absolute atomic E-state index is 11.5. The van der Waals surface area contributed by atoms with E-state index in [0.29, 0.717) is 5.56 Å². The molecule has 4 heteroatoms. The van der Waals surface area contributed by atoms with Crippen LogP contribution in [0.3, 0.4) is 0 Å². The zero-order chi connectivity index (χ0) is 11.4. The maximum Gasteiger partial charge on any atom is 0.339 e. The van der Waals surface area contributed by atoms with Gasteiger partial charge in [0, 0.05) is 4.90 Å². The summed E-state index contributed by atoms with van der Waals surface area (Å²) in [7, 11) is 5.28. The summed E-state index contributed by atoms with van der Waals surface area (Å²) >= 11 is 1.53. The average molecular weight is 225 g/mol. The van der Waals surface area contributed by atoms with Gasteiger partial charge in [-0.05, 0) is 44.6 Å². The van der Waals surface area contributed by atoms with Crippen LogP contribution in [0, 0.1) is 6.92 Å². The van der Waals surface area contributed by atoms with Crippen molar-refractivity contribution in [3.63, 3.8) is 0 Å². The first-order valence-corrected chi connectivity index (χ1v) is 5.37. The molecule has 0 saturated heterocycles. The van der Waals surface area contributed by atoms with Crippen molar-refractivity contribution in [2.75, 3.05) is 21.2 Å². The number of ether oxygens (including phenoxy) is 1. The number of nitrogens with zero attached hydrogens (tertiary/aromatic N) is 1. The average Bonchev–Trinajstić information content (AvgIpc) is 2.19. The van der Waals surface area contributed by atoms with Crippen LogP contribution >= 0.6 is 11.9 Å². The number of hydrogen-bond acceptors (Lipinski definition) is 4. The van der Waals surface area contributed by atoms with Crippen molar-refractivity contribution in [2.45, 2.75) is 11.8 Å². The molecule has 1 aromatic rings. The van der Waals surface area contributed by atoms with Gasteiger partial charge >= 0.3 is 5.97 Å². The SMILES string of the molecule is COC(=O)c1cccc(C)c1SN(C)C. The van der Waals surface area contributed by atoms with Crippen LogP contribution in [-0.2, 0) is 4.74 Å². The van der Waals surface area contributed by atoms with Crippen molar-refractivity contribution in [1.29, 1.82) is 0 Å². The third-order valence-electron chi connectivity index (χ3n) is 1.89. The fraction of sp³-hybridized carbons (Fsp3) is 0.364. The Labute approximate surface area is 94.5 Å². The first-order chi connectivity index (χ1) is 7.06. The van der Waals surface area contributed by atoms with E-state index in [1.165, 1.54) is 19.1 Å². The van der Waals surface area contributed by atoms with Gasteiger partial charge in [0.1, 0.15) is 0 Å². The Morgan fingerprint density at radius 2 is 2.07 bits per heavy atom. The van der Waals surface area contributed by atoms with Crippen molar-refractivity contribution in [2.24, 2.45) is 0 Å². The Bertz CT molecular complexity index is 364. The van der Waals surface area contributed by atoms with Crippen molar-refractivity contribution in [3.8, 4) is 0 Å². The molecule has 0 saturated carbocycles. The van der Waals surface area contributed by atoms with Crippen molar-refractivity contribution in [3.05, 3.63) is 29.3 Å². The Morgan fingerprint density at radius 1 is 1.40 bits per heavy atom. The van der Waals surface area contributed by atoms with Gasteiger partial charge in [0.05, 0.1) is 12.7 Å². The van der Waals surface area contributed by atoms with E-state index in [9.17, 15) is 4.79 Å². The van der Waals surface area contributed by atoms with Gasteiger partial charge in [-0.1, -0.05) is 12.1 Å². The topological polar surface area (TPSA) is 29.5 Å². The molecule has 1 aromatic carbocycles. The van der Waals surface area contributed by atoms with Crippen LogP contribution in [-0.4, -0.2) is 31.5 Å². The molecule has 82 valence electrons. The molecule has 0 amide bonds. The minimum atomic E-state index is -0.289. The quantitative estimate of drug-likeness (QED) is 0.583. The predicted molar refractivity (Wildman–Crippen MR) is 62.1 cm³/mol. The summed E-state index contributed by atoms with van der Waals surface area (Å²) in [5.74, 6) is -0.289. The van der Waals surface area contributed by atoms with Gasteiger partial charge in [-0.2, -0.15) is 0 Å². The minimum absolute atomic E-state index is 0.289. The first-order valence-electron chi connectivity index (χ1n) is 4.59. The fourth-order valence-electron chi connectivity index (χ4n) is 1.23. The Balaban J connectivity index is 3.14. The van der Waals surface area contributed by atoms with E-state index >= 15 is 0 Å². The lowest BCUT2D eigenvalue weighted by Crippen LogP contribution is -2.07. The summed E-state index contributed by atoms with van der Waals surface area (Å²) in [4.78, 5) is 12.5. The van der Waals surface area contributed by atoms with Crippen LogP contribution < -0.4 is 0 Å². The van der Waals surface area contributed by atoms with Crippen molar-refractivity contribution >= 4 is 17.9 Å². The third-order valence-corrected chi connectivity index (χ3v) is 2.98. The highest BCUT2D eigenvalue weighted by molar-refractivity contribution is 7.97. The van der Waals surface area contributed by atoms with E-state index in [2.05, 4.69) is 0 Å². The van der Waals surface area contributed by atoms with Crippen LogP contribution in [0.1, 0.15) is 15.9 Å². The second-order valence-electron chi connectivity index (χ2n) is 3.35. The highest BCUT2D eigenvalue weighted by Crippen LogP contribution is 2.28. The highest BCUT2D eigenvalue weighted by atomic mass is 32.2. The van der Waals surface area contributed by atoms with E-state index in [1.54, 1.807) is 6.07 Å². The summed E-state index contributed by atoms with van der Waals surface area (Å²) < 4.78 is 6.70. The molecule has 0 N–H and O–H groups in total. The van der Waals surface area contributed by atoms with E-state index in [1.807, 2.05) is 37.5 Å². The van der Waals surface area contributed by atoms with Crippen molar-refractivity contribution in [1.82, 2.24) is 4.31 Å². The molecule has 0 bridgehead atoms. The Hall–Kier alpha value is -1.00. The standard InChI is InChI=1S/C11H15NO2S/c1-8-6-5-7-9(11(13)14-4)10(8)15-12(2)3/h5-7H,1-4H3. The molecule has 0 aliphatic rings. The van der Waals surface area contributed by atoms with Crippen LogP contribution in [0.25, 0.3) is 0 Å². The number of methoxy groups -OCH3 is 1. The fourth-order valence-corrected chi connectivity index (χ4v) is 2.05. The van der Waals surface area contributed by atoms with E-state index in [0.717, 1.165) is 10.5 Å². The number of benzene rings is 1. The number of carbonyl (C=O) groups is 1. The third kappa shape index (κ3) is 2.97. The van der Waals surface area contributed by atoms with Gasteiger partial charge in [-0.3, -0.25) is 4.31 Å². The largest absolute Gasteiger partial charge is 0.465 e. The molecule has 0 aliphatic carbocycles. The van der Waals surface area contributed by atoms with Gasteiger partial charge in [0.25, 0.3) is 0 Å². The molecule has 1 rings (SSSR count). The number of hydrogen-bond donors (Lipinski definition) is 0. The summed E-state index contributed by atoms with van der Waals surface area (Å²) in [5.41, 5.74) is 1.70. The molecule has 0 spiro atoms. The van der Waals surface area contributed by atoms with Crippen LogP contribution in [0.15, 0.2) is 23.1 Å². The highest BCUT2D eigenvalue weighted by Gasteiger charge is 2.14. The number of esters is 1. The Kier molecular flexibility index (Phi) is 4.17. The molecule has 0 atom stereocenters. The Morgan fingerprint density at radius 3 is 2.60 bits per heavy atom. The van der Waals surface area contributed by atoms with Gasteiger partial charge in [-0.15, -0.1) is 0 Å². The second-order valence-corrected chi connectivity index (χ2v) is 4.67. The smallest absolute Gasteiger partial charge is 0.339 e. The molecule has 15 heavy (non-hydrogen) atoms. The summed E-state index contributed by atoms with van der Waals surface area (Å²) in [6, 6.07) is 5.63. The molecular formula is C11H15NO2S. The molecule has 0 unspecified atom stereocenters. The number of rotatable bonds is 3. The lowest BCUT2D eigenvalue weighted by molar-refractivity contribution is 0.0596. The molecule has 0 heterocycles. The van der Waals surface area contributed by atoms with Crippen LogP contribution in [0.4, 0.5) is 0 Å². The van der Waals surface area contributed by atoms with Crippen LogP contribution in [0.2, 0.25) is 0 Å². The zero-order valence-electron chi connectivity index (χ0n) is 9.40.